The zero-order valence-electron chi connectivity index (χ0n) is 14.8. The highest BCUT2D eigenvalue weighted by molar-refractivity contribution is 5.98. The van der Waals surface area contributed by atoms with Crippen molar-refractivity contribution in [1.29, 1.82) is 0 Å². The van der Waals surface area contributed by atoms with Gasteiger partial charge in [-0.15, -0.1) is 0 Å². The Balaban J connectivity index is 2.41. The summed E-state index contributed by atoms with van der Waals surface area (Å²) in [5.41, 5.74) is -3.33. The average molecular weight is 374 g/mol. The van der Waals surface area contributed by atoms with E-state index in [0.717, 1.165) is 6.42 Å². The van der Waals surface area contributed by atoms with Crippen LogP contribution in [0.25, 0.3) is 0 Å². The molecule has 0 aliphatic carbocycles. The monoisotopic (exact) mass is 374 g/mol. The molecule has 0 radical (unpaired) electrons. The van der Waals surface area contributed by atoms with Crippen molar-refractivity contribution < 1.29 is 32.5 Å². The summed E-state index contributed by atoms with van der Waals surface area (Å²) < 4.78 is 50.5. The Morgan fingerprint density at radius 1 is 1.31 bits per heavy atom. The van der Waals surface area contributed by atoms with Crippen LogP contribution in [0, 0.1) is 0 Å². The zero-order valence-corrected chi connectivity index (χ0v) is 14.8. The standard InChI is InChI=1S/C17H21F3N2O4/c1-4-5-6-12-10-16(24,17(18,19)20)22(21-12)15(23)11-7-8-13(25-2)14(9-11)26-3/h7-9,24H,4-6,10H2,1-3H3/t16-/m1/s1. The van der Waals surface area contributed by atoms with Gasteiger partial charge in [-0.05, 0) is 31.0 Å². The SMILES string of the molecule is CCCCC1=NN(C(=O)c2ccc(OC)c(OC)c2)[C@](O)(C(F)(F)F)C1. The lowest BCUT2D eigenvalue weighted by atomic mass is 10.0. The first kappa shape index (κ1) is 20.0. The second-order valence-corrected chi connectivity index (χ2v) is 5.95. The average Bonchev–Trinajstić information content (AvgIpc) is 2.96. The van der Waals surface area contributed by atoms with E-state index in [-0.39, 0.29) is 28.5 Å². The number of aliphatic hydroxyl groups is 1. The highest BCUT2D eigenvalue weighted by Crippen LogP contribution is 2.42. The third kappa shape index (κ3) is 3.62. The van der Waals surface area contributed by atoms with Crippen molar-refractivity contribution in [2.75, 3.05) is 14.2 Å². The highest BCUT2D eigenvalue weighted by Gasteiger charge is 2.63. The zero-order chi connectivity index (χ0) is 19.5. The molecule has 0 fully saturated rings. The Morgan fingerprint density at radius 3 is 2.50 bits per heavy atom. The quantitative estimate of drug-likeness (QED) is 0.829. The first-order valence-corrected chi connectivity index (χ1v) is 8.10. The molecule has 1 aliphatic rings. The second-order valence-electron chi connectivity index (χ2n) is 5.95. The molecule has 144 valence electrons. The van der Waals surface area contributed by atoms with Crippen molar-refractivity contribution in [1.82, 2.24) is 5.01 Å². The molecule has 0 bridgehead atoms. The largest absolute Gasteiger partial charge is 0.493 e. The molecule has 1 aromatic carbocycles. The van der Waals surface area contributed by atoms with Crippen molar-refractivity contribution >= 4 is 11.6 Å². The Hall–Kier alpha value is -2.29. The summed E-state index contributed by atoms with van der Waals surface area (Å²) >= 11 is 0. The predicted octanol–water partition coefficient (Wildman–Crippen LogP) is 3.35. The predicted molar refractivity (Wildman–Crippen MR) is 88.3 cm³/mol. The molecule has 6 nitrogen and oxygen atoms in total. The molecule has 1 heterocycles. The summed E-state index contributed by atoms with van der Waals surface area (Å²) in [5.74, 6) is -0.566. The normalized spacial score (nSPS) is 20.1. The van der Waals surface area contributed by atoms with Gasteiger partial charge in [0.15, 0.2) is 11.5 Å². The van der Waals surface area contributed by atoms with E-state index in [1.54, 1.807) is 0 Å². The fourth-order valence-electron chi connectivity index (χ4n) is 2.66. The Morgan fingerprint density at radius 2 is 1.96 bits per heavy atom. The number of rotatable bonds is 6. The molecule has 0 saturated heterocycles. The molecule has 9 heteroatoms. The maximum Gasteiger partial charge on any atom is 0.438 e. The van der Waals surface area contributed by atoms with Gasteiger partial charge in [0.1, 0.15) is 0 Å². The number of hydrogen-bond donors (Lipinski definition) is 1. The number of methoxy groups -OCH3 is 2. The van der Waals surface area contributed by atoms with Crippen LogP contribution in [0.1, 0.15) is 43.0 Å². The Kier molecular flexibility index (Phi) is 5.80. The topological polar surface area (TPSA) is 71.4 Å². The first-order valence-electron chi connectivity index (χ1n) is 8.10. The minimum atomic E-state index is -5.04. The van der Waals surface area contributed by atoms with Crippen molar-refractivity contribution in [2.24, 2.45) is 5.10 Å². The third-order valence-electron chi connectivity index (χ3n) is 4.14. The highest BCUT2D eigenvalue weighted by atomic mass is 19.4. The number of ether oxygens (including phenoxy) is 2. The molecular formula is C17H21F3N2O4. The molecule has 0 saturated carbocycles. The molecule has 0 spiro atoms. The second kappa shape index (κ2) is 7.53. The number of unbranched alkanes of at least 4 members (excludes halogenated alkanes) is 1. The molecule has 1 atom stereocenters. The van der Waals surface area contributed by atoms with E-state index in [0.29, 0.717) is 12.2 Å². The van der Waals surface area contributed by atoms with Gasteiger partial charge in [0.2, 0.25) is 0 Å². The van der Waals surface area contributed by atoms with E-state index < -0.39 is 24.2 Å². The maximum atomic E-state index is 13.5. The van der Waals surface area contributed by atoms with E-state index in [1.807, 2.05) is 6.92 Å². The van der Waals surface area contributed by atoms with Gasteiger partial charge in [-0.1, -0.05) is 13.3 Å². The van der Waals surface area contributed by atoms with Crippen molar-refractivity contribution in [3.63, 3.8) is 0 Å². The lowest BCUT2D eigenvalue weighted by Crippen LogP contribution is -2.56. The molecule has 1 aromatic rings. The smallest absolute Gasteiger partial charge is 0.438 e. The van der Waals surface area contributed by atoms with E-state index in [4.69, 9.17) is 9.47 Å². The number of hydrazone groups is 1. The first-order chi connectivity index (χ1) is 12.2. The van der Waals surface area contributed by atoms with Gasteiger partial charge in [-0.3, -0.25) is 4.79 Å². The molecule has 1 aliphatic heterocycles. The van der Waals surface area contributed by atoms with Crippen LogP contribution < -0.4 is 9.47 Å². The molecule has 1 amide bonds. The summed E-state index contributed by atoms with van der Waals surface area (Å²) in [6.07, 6.45) is -4.14. The van der Waals surface area contributed by atoms with Crippen LogP contribution in [-0.4, -0.2) is 47.9 Å². The lowest BCUT2D eigenvalue weighted by molar-refractivity contribution is -0.297. The van der Waals surface area contributed by atoms with Gasteiger partial charge in [0.25, 0.3) is 11.6 Å². The number of nitrogens with zero attached hydrogens (tertiary/aromatic N) is 2. The third-order valence-corrected chi connectivity index (χ3v) is 4.14. The maximum absolute atomic E-state index is 13.5. The van der Waals surface area contributed by atoms with Gasteiger partial charge < -0.3 is 14.6 Å². The summed E-state index contributed by atoms with van der Waals surface area (Å²) in [5, 5.41) is 14.1. The van der Waals surface area contributed by atoms with Crippen LogP contribution in [0.3, 0.4) is 0 Å². The number of amides is 1. The number of carbonyl (C=O) groups is 1. The summed E-state index contributed by atoms with van der Waals surface area (Å²) in [7, 11) is 2.74. The van der Waals surface area contributed by atoms with Crippen LogP contribution in [0.15, 0.2) is 23.3 Å². The van der Waals surface area contributed by atoms with Crippen molar-refractivity contribution in [3.05, 3.63) is 23.8 Å². The summed E-state index contributed by atoms with van der Waals surface area (Å²) in [4.78, 5) is 12.7. The minimum Gasteiger partial charge on any atom is -0.493 e. The number of halogens is 3. The van der Waals surface area contributed by atoms with E-state index >= 15 is 0 Å². The van der Waals surface area contributed by atoms with E-state index in [2.05, 4.69) is 5.10 Å². The van der Waals surface area contributed by atoms with Crippen LogP contribution in [0.2, 0.25) is 0 Å². The minimum absolute atomic E-state index is 0.106. The number of benzene rings is 1. The molecule has 0 unspecified atom stereocenters. The molecular weight excluding hydrogens is 353 g/mol. The van der Waals surface area contributed by atoms with Crippen molar-refractivity contribution in [3.8, 4) is 11.5 Å². The van der Waals surface area contributed by atoms with E-state index in [1.165, 1.54) is 32.4 Å². The van der Waals surface area contributed by atoms with E-state index in [9.17, 15) is 23.1 Å². The Labute approximate surface area is 149 Å². The number of hydrogen-bond acceptors (Lipinski definition) is 5. The lowest BCUT2D eigenvalue weighted by Gasteiger charge is -2.32. The van der Waals surface area contributed by atoms with Crippen LogP contribution in [-0.2, 0) is 0 Å². The fourth-order valence-corrected chi connectivity index (χ4v) is 2.66. The number of alkyl halides is 3. The van der Waals surface area contributed by atoms with Gasteiger partial charge in [0.05, 0.1) is 14.2 Å². The summed E-state index contributed by atoms with van der Waals surface area (Å²) in [6, 6.07) is 3.94. The van der Waals surface area contributed by atoms with Crippen LogP contribution in [0.5, 0.6) is 11.5 Å². The van der Waals surface area contributed by atoms with Crippen LogP contribution in [0.4, 0.5) is 13.2 Å². The van der Waals surface area contributed by atoms with Gasteiger partial charge in [0, 0.05) is 17.7 Å². The Bertz CT molecular complexity index is 706. The van der Waals surface area contributed by atoms with Crippen molar-refractivity contribution in [2.45, 2.75) is 44.5 Å². The molecule has 1 N–H and O–H groups in total. The van der Waals surface area contributed by atoms with Gasteiger partial charge >= 0.3 is 6.18 Å². The molecule has 26 heavy (non-hydrogen) atoms. The molecule has 0 aromatic heterocycles. The fraction of sp³-hybridized carbons (Fsp3) is 0.529. The van der Waals surface area contributed by atoms with Crippen LogP contribution >= 0.6 is 0 Å². The number of carbonyl (C=O) groups excluding carboxylic acids is 1. The molecule has 2 rings (SSSR count). The summed E-state index contributed by atoms with van der Waals surface area (Å²) in [6.45, 7) is 1.89. The van der Waals surface area contributed by atoms with Gasteiger partial charge in [-0.25, -0.2) is 0 Å². The van der Waals surface area contributed by atoms with Gasteiger partial charge in [-0.2, -0.15) is 23.3 Å².